The number of benzene rings is 2. The van der Waals surface area contributed by atoms with Crippen LogP contribution in [0.2, 0.25) is 5.02 Å². The number of nitrogens with two attached hydrogens (primary N) is 2. The van der Waals surface area contributed by atoms with Crippen molar-refractivity contribution in [1.82, 2.24) is 0 Å². The molecule has 2 aromatic rings. The predicted molar refractivity (Wildman–Crippen MR) is 72.4 cm³/mol. The van der Waals surface area contributed by atoms with Crippen LogP contribution in [0.25, 0.3) is 11.1 Å². The molecule has 0 heterocycles. The highest BCUT2D eigenvalue weighted by Crippen LogP contribution is 2.35. The number of nitrogen functional groups attached to an aromatic ring is 2. The molecule has 4 N–H and O–H groups in total. The van der Waals surface area contributed by atoms with Gasteiger partial charge in [0, 0.05) is 39.7 Å². The highest BCUT2D eigenvalue weighted by Gasteiger charge is 2.13. The number of hydrogen-bond donors (Lipinski definition) is 2. The Morgan fingerprint density at radius 3 is 2.44 bits per heavy atom. The van der Waals surface area contributed by atoms with E-state index < -0.39 is 4.92 Å². The minimum Gasteiger partial charge on any atom is -0.399 e. The Labute approximate surface area is 108 Å². The summed E-state index contributed by atoms with van der Waals surface area (Å²) in [5, 5.41) is 11.1. The summed E-state index contributed by atoms with van der Waals surface area (Å²) in [6, 6.07) is 9.13. The second kappa shape index (κ2) is 4.54. The number of halogens is 1. The summed E-state index contributed by atoms with van der Waals surface area (Å²) in [5.41, 5.74) is 13.5. The maximum Gasteiger partial charge on any atom is 0.270 e. The van der Waals surface area contributed by atoms with E-state index in [9.17, 15) is 10.1 Å². The van der Waals surface area contributed by atoms with Gasteiger partial charge in [0.05, 0.1) is 4.92 Å². The third kappa shape index (κ3) is 2.21. The van der Waals surface area contributed by atoms with Gasteiger partial charge in [-0.25, -0.2) is 0 Å². The van der Waals surface area contributed by atoms with Gasteiger partial charge in [0.1, 0.15) is 0 Å². The van der Waals surface area contributed by atoms with Crippen LogP contribution in [-0.4, -0.2) is 4.92 Å². The molecule has 18 heavy (non-hydrogen) atoms. The lowest BCUT2D eigenvalue weighted by Crippen LogP contribution is -1.95. The van der Waals surface area contributed by atoms with Crippen molar-refractivity contribution in [2.24, 2.45) is 0 Å². The number of hydrogen-bond acceptors (Lipinski definition) is 4. The van der Waals surface area contributed by atoms with Crippen molar-refractivity contribution in [2.45, 2.75) is 0 Å². The van der Waals surface area contributed by atoms with Gasteiger partial charge >= 0.3 is 0 Å². The Morgan fingerprint density at radius 2 is 1.78 bits per heavy atom. The lowest BCUT2D eigenvalue weighted by Gasteiger charge is -2.08. The lowest BCUT2D eigenvalue weighted by molar-refractivity contribution is -0.384. The molecule has 0 fully saturated rings. The maximum absolute atomic E-state index is 10.8. The van der Waals surface area contributed by atoms with Crippen LogP contribution < -0.4 is 11.5 Å². The topological polar surface area (TPSA) is 95.2 Å². The smallest absolute Gasteiger partial charge is 0.270 e. The average Bonchev–Trinajstić information content (AvgIpc) is 2.33. The molecule has 0 saturated heterocycles. The van der Waals surface area contributed by atoms with Gasteiger partial charge in [-0.1, -0.05) is 11.6 Å². The van der Waals surface area contributed by atoms with Gasteiger partial charge in [-0.05, 0) is 24.3 Å². The van der Waals surface area contributed by atoms with Crippen LogP contribution in [0.5, 0.6) is 0 Å². The molecule has 0 bridgehead atoms. The van der Waals surface area contributed by atoms with E-state index in [1.165, 1.54) is 18.2 Å². The first kappa shape index (κ1) is 12.2. The number of rotatable bonds is 2. The lowest BCUT2D eigenvalue weighted by atomic mass is 10.0. The van der Waals surface area contributed by atoms with Crippen molar-refractivity contribution in [2.75, 3.05) is 11.5 Å². The maximum atomic E-state index is 10.8. The van der Waals surface area contributed by atoms with E-state index in [1.54, 1.807) is 18.2 Å². The molecule has 0 radical (unpaired) electrons. The average molecular weight is 264 g/mol. The summed E-state index contributed by atoms with van der Waals surface area (Å²) < 4.78 is 0. The van der Waals surface area contributed by atoms with E-state index in [4.69, 9.17) is 23.1 Å². The van der Waals surface area contributed by atoms with E-state index in [0.29, 0.717) is 27.5 Å². The molecule has 2 rings (SSSR count). The summed E-state index contributed by atoms with van der Waals surface area (Å²) in [4.78, 5) is 10.3. The van der Waals surface area contributed by atoms with Gasteiger partial charge < -0.3 is 11.5 Å². The van der Waals surface area contributed by atoms with Crippen LogP contribution in [0.15, 0.2) is 36.4 Å². The molecular formula is C12H10ClN3O2. The molecule has 92 valence electrons. The van der Waals surface area contributed by atoms with Gasteiger partial charge in [0.25, 0.3) is 5.69 Å². The van der Waals surface area contributed by atoms with E-state index >= 15 is 0 Å². The zero-order chi connectivity index (χ0) is 13.3. The molecule has 0 amide bonds. The van der Waals surface area contributed by atoms with Crippen LogP contribution in [-0.2, 0) is 0 Å². The van der Waals surface area contributed by atoms with Crippen molar-refractivity contribution < 1.29 is 4.92 Å². The monoisotopic (exact) mass is 263 g/mol. The van der Waals surface area contributed by atoms with Crippen LogP contribution in [0.4, 0.5) is 17.1 Å². The number of nitrogens with zero attached hydrogens (tertiary/aromatic N) is 1. The van der Waals surface area contributed by atoms with Crippen LogP contribution in [0.3, 0.4) is 0 Å². The number of nitro groups is 1. The van der Waals surface area contributed by atoms with Gasteiger partial charge in [0.2, 0.25) is 0 Å². The fraction of sp³-hybridized carbons (Fsp3) is 0. The normalized spacial score (nSPS) is 10.3. The SMILES string of the molecule is Nc1ccc(N)c(-c2cc([N+](=O)[O-])ccc2Cl)c1. The van der Waals surface area contributed by atoms with Gasteiger partial charge in [-0.15, -0.1) is 0 Å². The first-order valence-corrected chi connectivity index (χ1v) is 5.46. The molecule has 2 aromatic carbocycles. The molecule has 6 heteroatoms. The Kier molecular flexibility index (Phi) is 3.08. The highest BCUT2D eigenvalue weighted by molar-refractivity contribution is 6.33. The number of nitro benzene ring substituents is 1. The fourth-order valence-electron chi connectivity index (χ4n) is 1.64. The Bertz CT molecular complexity index is 629. The van der Waals surface area contributed by atoms with Gasteiger partial charge in [-0.2, -0.15) is 0 Å². The summed E-state index contributed by atoms with van der Waals surface area (Å²) in [5.74, 6) is 0. The van der Waals surface area contributed by atoms with Crippen molar-refractivity contribution in [3.63, 3.8) is 0 Å². The number of non-ortho nitro benzene ring substituents is 1. The molecule has 0 atom stereocenters. The summed E-state index contributed by atoms with van der Waals surface area (Å²) in [6.45, 7) is 0. The molecule has 0 aliphatic rings. The Hall–Kier alpha value is -2.27. The summed E-state index contributed by atoms with van der Waals surface area (Å²) in [7, 11) is 0. The molecule has 0 aliphatic carbocycles. The fourth-order valence-corrected chi connectivity index (χ4v) is 1.86. The Morgan fingerprint density at radius 1 is 1.06 bits per heavy atom. The quantitative estimate of drug-likeness (QED) is 0.494. The molecule has 0 aromatic heterocycles. The minimum absolute atomic E-state index is 0.0452. The van der Waals surface area contributed by atoms with Crippen molar-refractivity contribution in [1.29, 1.82) is 0 Å². The van der Waals surface area contributed by atoms with Crippen LogP contribution in [0, 0.1) is 10.1 Å². The zero-order valence-electron chi connectivity index (χ0n) is 9.26. The van der Waals surface area contributed by atoms with Gasteiger partial charge in [0.15, 0.2) is 0 Å². The molecule has 0 saturated carbocycles. The largest absolute Gasteiger partial charge is 0.399 e. The zero-order valence-corrected chi connectivity index (χ0v) is 10.0. The van der Waals surface area contributed by atoms with E-state index in [-0.39, 0.29) is 5.69 Å². The second-order valence-corrected chi connectivity index (χ2v) is 4.18. The van der Waals surface area contributed by atoms with Crippen molar-refractivity contribution >= 4 is 28.7 Å². The van der Waals surface area contributed by atoms with Gasteiger partial charge in [-0.3, -0.25) is 10.1 Å². The highest BCUT2D eigenvalue weighted by atomic mass is 35.5. The standard InChI is InChI=1S/C12H10ClN3O2/c13-11-3-2-8(16(17)18)6-9(11)10-5-7(14)1-4-12(10)15/h1-6H,14-15H2. The van der Waals surface area contributed by atoms with Crippen molar-refractivity contribution in [3.8, 4) is 11.1 Å². The first-order valence-electron chi connectivity index (χ1n) is 5.08. The first-order chi connectivity index (χ1) is 8.49. The summed E-state index contributed by atoms with van der Waals surface area (Å²) in [6.07, 6.45) is 0. The van der Waals surface area contributed by atoms with Crippen LogP contribution in [0.1, 0.15) is 0 Å². The summed E-state index contributed by atoms with van der Waals surface area (Å²) >= 11 is 6.04. The van der Waals surface area contributed by atoms with E-state index in [1.807, 2.05) is 0 Å². The number of anilines is 2. The van der Waals surface area contributed by atoms with E-state index in [2.05, 4.69) is 0 Å². The molecule has 0 spiro atoms. The van der Waals surface area contributed by atoms with E-state index in [0.717, 1.165) is 0 Å². The third-order valence-electron chi connectivity index (χ3n) is 2.53. The minimum atomic E-state index is -0.484. The second-order valence-electron chi connectivity index (χ2n) is 3.77. The third-order valence-corrected chi connectivity index (χ3v) is 2.86. The molecule has 5 nitrogen and oxygen atoms in total. The van der Waals surface area contributed by atoms with Crippen LogP contribution >= 0.6 is 11.6 Å². The predicted octanol–water partition coefficient (Wildman–Crippen LogP) is 3.08. The molecular weight excluding hydrogens is 254 g/mol. The van der Waals surface area contributed by atoms with Crippen molar-refractivity contribution in [3.05, 3.63) is 51.5 Å². The molecule has 0 aliphatic heterocycles. The Balaban J connectivity index is 2.66. The molecule has 0 unspecified atom stereocenters.